The zero-order valence-electron chi connectivity index (χ0n) is 7.06. The van der Waals surface area contributed by atoms with E-state index < -0.39 is 21.2 Å². The van der Waals surface area contributed by atoms with Gasteiger partial charge in [0.05, 0.1) is 9.85 Å². The van der Waals surface area contributed by atoms with Gasteiger partial charge in [0.25, 0.3) is 0 Å². The van der Waals surface area contributed by atoms with Gasteiger partial charge in [-0.1, -0.05) is 6.07 Å². The van der Waals surface area contributed by atoms with Crippen LogP contribution >= 0.6 is 15.9 Å². The maximum atomic E-state index is 10.6. The molecule has 0 saturated carbocycles. The molecule has 0 spiro atoms. The van der Waals surface area contributed by atoms with Crippen molar-refractivity contribution >= 4 is 27.3 Å². The van der Waals surface area contributed by atoms with Crippen LogP contribution in [0.2, 0.25) is 0 Å². The first-order valence-electron chi connectivity index (χ1n) is 3.53. The number of aryl methyl sites for hydroxylation is 1. The van der Waals surface area contributed by atoms with Crippen LogP contribution in [0.3, 0.4) is 0 Å². The summed E-state index contributed by atoms with van der Waals surface area (Å²) in [7, 11) is 0. The van der Waals surface area contributed by atoms with Gasteiger partial charge >= 0.3 is 11.4 Å². The van der Waals surface area contributed by atoms with Gasteiger partial charge in [-0.2, -0.15) is 0 Å². The minimum Gasteiger partial charge on any atom is -0.258 e. The van der Waals surface area contributed by atoms with Gasteiger partial charge in [0.15, 0.2) is 0 Å². The number of rotatable bonds is 2. The molecule has 74 valence electrons. The SMILES string of the molecule is Cc1ccc(Br)c([N+](=O)[O-])c1[N+](=O)[O-]. The predicted molar refractivity (Wildman–Crippen MR) is 52.2 cm³/mol. The van der Waals surface area contributed by atoms with E-state index in [9.17, 15) is 20.2 Å². The molecule has 14 heavy (non-hydrogen) atoms. The topological polar surface area (TPSA) is 86.3 Å². The average molecular weight is 261 g/mol. The minimum atomic E-state index is -0.769. The third-order valence-electron chi connectivity index (χ3n) is 1.67. The second-order valence-corrected chi connectivity index (χ2v) is 3.43. The van der Waals surface area contributed by atoms with Crippen molar-refractivity contribution in [3.63, 3.8) is 0 Å². The molecule has 1 aromatic rings. The molecule has 1 aromatic carbocycles. The predicted octanol–water partition coefficient (Wildman–Crippen LogP) is 2.57. The Balaban J connectivity index is 3.58. The number of nitro benzene ring substituents is 2. The summed E-state index contributed by atoms with van der Waals surface area (Å²) in [5.74, 6) is 0. The van der Waals surface area contributed by atoms with Crippen LogP contribution in [0.15, 0.2) is 16.6 Å². The first-order valence-corrected chi connectivity index (χ1v) is 4.32. The van der Waals surface area contributed by atoms with Gasteiger partial charge in [0, 0.05) is 5.56 Å². The van der Waals surface area contributed by atoms with Crippen LogP contribution in [-0.2, 0) is 0 Å². The van der Waals surface area contributed by atoms with Crippen LogP contribution in [0, 0.1) is 27.2 Å². The third-order valence-corrected chi connectivity index (χ3v) is 2.31. The van der Waals surface area contributed by atoms with Crippen molar-refractivity contribution in [2.24, 2.45) is 0 Å². The van der Waals surface area contributed by atoms with E-state index in [1.807, 2.05) is 0 Å². The number of benzene rings is 1. The fourth-order valence-corrected chi connectivity index (χ4v) is 1.52. The average Bonchev–Trinajstić information content (AvgIpc) is 2.07. The number of hydrogen-bond donors (Lipinski definition) is 0. The lowest BCUT2D eigenvalue weighted by Gasteiger charge is -1.99. The summed E-state index contributed by atoms with van der Waals surface area (Å²) in [6.45, 7) is 1.46. The lowest BCUT2D eigenvalue weighted by atomic mass is 10.2. The monoisotopic (exact) mass is 260 g/mol. The molecular formula is C7H5BrN2O4. The van der Waals surface area contributed by atoms with Crippen LogP contribution in [0.25, 0.3) is 0 Å². The molecule has 1 rings (SSSR count). The van der Waals surface area contributed by atoms with Crippen molar-refractivity contribution in [2.75, 3.05) is 0 Å². The Kier molecular flexibility index (Phi) is 2.80. The van der Waals surface area contributed by atoms with Crippen LogP contribution in [-0.4, -0.2) is 9.85 Å². The van der Waals surface area contributed by atoms with E-state index in [4.69, 9.17) is 0 Å². The standard InChI is InChI=1S/C7H5BrN2O4/c1-4-2-3-5(8)7(10(13)14)6(4)9(11)12/h2-3H,1H3. The molecule has 0 bridgehead atoms. The molecule has 0 unspecified atom stereocenters. The zero-order valence-corrected chi connectivity index (χ0v) is 8.65. The van der Waals surface area contributed by atoms with E-state index in [1.165, 1.54) is 19.1 Å². The van der Waals surface area contributed by atoms with Gasteiger partial charge in [0.2, 0.25) is 0 Å². The lowest BCUT2D eigenvalue weighted by Crippen LogP contribution is -1.99. The molecule has 0 radical (unpaired) electrons. The number of nitro groups is 2. The fraction of sp³-hybridized carbons (Fsp3) is 0.143. The second kappa shape index (κ2) is 3.70. The van der Waals surface area contributed by atoms with E-state index >= 15 is 0 Å². The van der Waals surface area contributed by atoms with Crippen molar-refractivity contribution in [1.29, 1.82) is 0 Å². The highest BCUT2D eigenvalue weighted by Gasteiger charge is 2.29. The van der Waals surface area contributed by atoms with Gasteiger partial charge in [0.1, 0.15) is 4.47 Å². The quantitative estimate of drug-likeness (QED) is 0.604. The Morgan fingerprint density at radius 2 is 1.64 bits per heavy atom. The molecule has 6 nitrogen and oxygen atoms in total. The third kappa shape index (κ3) is 1.72. The summed E-state index contributed by atoms with van der Waals surface area (Å²) in [6.07, 6.45) is 0. The molecule has 0 atom stereocenters. The molecule has 0 heterocycles. The first kappa shape index (κ1) is 10.6. The molecule has 0 aliphatic rings. The fourth-order valence-electron chi connectivity index (χ4n) is 1.06. The molecule has 7 heteroatoms. The maximum absolute atomic E-state index is 10.6. The summed E-state index contributed by atoms with van der Waals surface area (Å²) in [5, 5.41) is 21.1. The van der Waals surface area contributed by atoms with Crippen molar-refractivity contribution < 1.29 is 9.85 Å². The molecule has 0 N–H and O–H groups in total. The highest BCUT2D eigenvalue weighted by Crippen LogP contribution is 2.36. The van der Waals surface area contributed by atoms with Crippen molar-refractivity contribution in [3.8, 4) is 0 Å². The van der Waals surface area contributed by atoms with Gasteiger partial charge in [-0.3, -0.25) is 20.2 Å². The summed E-state index contributed by atoms with van der Waals surface area (Å²) in [5.41, 5.74) is -0.704. The molecular weight excluding hydrogens is 256 g/mol. The minimum absolute atomic E-state index is 0.111. The molecule has 0 fully saturated rings. The molecule has 0 amide bonds. The molecule has 0 aromatic heterocycles. The van der Waals surface area contributed by atoms with Crippen LogP contribution in [0.1, 0.15) is 5.56 Å². The highest BCUT2D eigenvalue weighted by atomic mass is 79.9. The summed E-state index contributed by atoms with van der Waals surface area (Å²) in [4.78, 5) is 19.6. The van der Waals surface area contributed by atoms with E-state index in [0.29, 0.717) is 0 Å². The Morgan fingerprint density at radius 1 is 1.14 bits per heavy atom. The largest absolute Gasteiger partial charge is 0.360 e. The number of halogens is 1. The smallest absolute Gasteiger partial charge is 0.258 e. The molecule has 0 aliphatic heterocycles. The van der Waals surface area contributed by atoms with Crippen molar-refractivity contribution in [2.45, 2.75) is 6.92 Å². The van der Waals surface area contributed by atoms with Gasteiger partial charge in [-0.15, -0.1) is 0 Å². The van der Waals surface area contributed by atoms with Crippen molar-refractivity contribution in [1.82, 2.24) is 0 Å². The number of nitrogens with zero attached hydrogens (tertiary/aromatic N) is 2. The van der Waals surface area contributed by atoms with E-state index in [-0.39, 0.29) is 10.0 Å². The molecule has 0 aliphatic carbocycles. The summed E-state index contributed by atoms with van der Waals surface area (Å²) in [6, 6.07) is 2.87. The Bertz CT molecular complexity index is 379. The number of hydrogen-bond acceptors (Lipinski definition) is 4. The Labute approximate surface area is 87.0 Å². The summed E-state index contributed by atoms with van der Waals surface area (Å²) < 4.78 is 0.111. The normalized spacial score (nSPS) is 9.86. The highest BCUT2D eigenvalue weighted by molar-refractivity contribution is 9.10. The first-order chi connectivity index (χ1) is 6.45. The second-order valence-electron chi connectivity index (χ2n) is 2.58. The molecule has 0 saturated heterocycles. The van der Waals surface area contributed by atoms with E-state index in [0.717, 1.165) is 0 Å². The van der Waals surface area contributed by atoms with Gasteiger partial charge in [-0.05, 0) is 28.9 Å². The maximum Gasteiger partial charge on any atom is 0.360 e. The van der Waals surface area contributed by atoms with Crippen LogP contribution in [0.4, 0.5) is 11.4 Å². The zero-order chi connectivity index (χ0) is 10.9. The van der Waals surface area contributed by atoms with Gasteiger partial charge < -0.3 is 0 Å². The van der Waals surface area contributed by atoms with E-state index in [2.05, 4.69) is 15.9 Å². The Morgan fingerprint density at radius 3 is 2.00 bits per heavy atom. The van der Waals surface area contributed by atoms with Crippen LogP contribution < -0.4 is 0 Å². The van der Waals surface area contributed by atoms with Crippen LogP contribution in [0.5, 0.6) is 0 Å². The summed E-state index contributed by atoms with van der Waals surface area (Å²) >= 11 is 2.90. The van der Waals surface area contributed by atoms with Gasteiger partial charge in [-0.25, -0.2) is 0 Å². The van der Waals surface area contributed by atoms with E-state index in [1.54, 1.807) is 0 Å². The Hall–Kier alpha value is -1.50. The lowest BCUT2D eigenvalue weighted by molar-refractivity contribution is -0.423. The van der Waals surface area contributed by atoms with Crippen molar-refractivity contribution in [3.05, 3.63) is 42.4 Å².